The zero-order chi connectivity index (χ0) is 20.4. The summed E-state index contributed by atoms with van der Waals surface area (Å²) in [5, 5.41) is 9.47. The maximum absolute atomic E-state index is 13.1. The topological polar surface area (TPSA) is 92.0 Å². The molecule has 144 valence electrons. The fraction of sp³-hybridized carbons (Fsp3) is 0.227. The molecule has 0 saturated heterocycles. The van der Waals surface area contributed by atoms with Gasteiger partial charge < -0.3 is 9.64 Å². The van der Waals surface area contributed by atoms with E-state index in [-0.39, 0.29) is 11.9 Å². The molecular weight excluding hydrogens is 366 g/mol. The van der Waals surface area contributed by atoms with Crippen LogP contribution in [0.1, 0.15) is 44.5 Å². The fourth-order valence-electron chi connectivity index (χ4n) is 3.71. The normalized spacial score (nSPS) is 15.1. The molecule has 1 aliphatic heterocycles. The van der Waals surface area contributed by atoms with Crippen LogP contribution >= 0.6 is 0 Å². The molecule has 0 saturated carbocycles. The van der Waals surface area contributed by atoms with Gasteiger partial charge in [0.2, 0.25) is 5.88 Å². The molecule has 0 spiro atoms. The first-order valence-corrected chi connectivity index (χ1v) is 9.21. The van der Waals surface area contributed by atoms with Gasteiger partial charge in [-0.1, -0.05) is 24.3 Å². The number of fused-ring (bicyclic) bond motifs is 1. The Hall–Kier alpha value is -3.79. The van der Waals surface area contributed by atoms with Crippen molar-refractivity contribution in [2.75, 3.05) is 7.11 Å². The first kappa shape index (κ1) is 18.6. The van der Waals surface area contributed by atoms with E-state index in [1.165, 1.54) is 6.33 Å². The van der Waals surface area contributed by atoms with Crippen molar-refractivity contribution in [3.63, 3.8) is 0 Å². The highest BCUT2D eigenvalue weighted by Gasteiger charge is 2.37. The Morgan fingerprint density at radius 2 is 2.00 bits per heavy atom. The molecule has 4 rings (SSSR count). The molecule has 29 heavy (non-hydrogen) atoms. The van der Waals surface area contributed by atoms with Gasteiger partial charge in [0.25, 0.3) is 5.91 Å². The molecular formula is C22H19N5O2. The number of nitrogens with zero attached hydrogens (tertiary/aromatic N) is 5. The third-order valence-electron chi connectivity index (χ3n) is 5.21. The molecule has 3 heterocycles. The summed E-state index contributed by atoms with van der Waals surface area (Å²) in [4.78, 5) is 27.6. The Balaban J connectivity index is 1.72. The fourth-order valence-corrected chi connectivity index (χ4v) is 3.71. The van der Waals surface area contributed by atoms with Gasteiger partial charge in [-0.3, -0.25) is 4.79 Å². The average molecular weight is 385 g/mol. The predicted octanol–water partition coefficient (Wildman–Crippen LogP) is 3.00. The van der Waals surface area contributed by atoms with Gasteiger partial charge in [-0.15, -0.1) is 0 Å². The predicted molar refractivity (Wildman–Crippen MR) is 105 cm³/mol. The van der Waals surface area contributed by atoms with Crippen molar-refractivity contribution in [3.05, 3.63) is 82.6 Å². The minimum absolute atomic E-state index is 0.0329. The van der Waals surface area contributed by atoms with Crippen LogP contribution in [0.15, 0.2) is 48.9 Å². The van der Waals surface area contributed by atoms with E-state index in [9.17, 15) is 10.1 Å². The van der Waals surface area contributed by atoms with Crippen molar-refractivity contribution >= 4 is 5.91 Å². The number of benzene rings is 1. The van der Waals surface area contributed by atoms with Crippen molar-refractivity contribution in [3.8, 4) is 11.9 Å². The molecule has 0 aliphatic carbocycles. The third kappa shape index (κ3) is 3.41. The Morgan fingerprint density at radius 3 is 2.72 bits per heavy atom. The Kier molecular flexibility index (Phi) is 4.92. The van der Waals surface area contributed by atoms with E-state index < -0.39 is 0 Å². The molecule has 1 aliphatic rings. The quantitative estimate of drug-likeness (QED) is 0.670. The zero-order valence-corrected chi connectivity index (χ0v) is 16.2. The van der Waals surface area contributed by atoms with Crippen LogP contribution in [0.4, 0.5) is 0 Å². The van der Waals surface area contributed by atoms with Crippen LogP contribution in [0, 0.1) is 18.3 Å². The van der Waals surface area contributed by atoms with E-state index in [2.05, 4.69) is 21.0 Å². The van der Waals surface area contributed by atoms with Crippen LogP contribution in [0.3, 0.4) is 0 Å². The van der Waals surface area contributed by atoms with Gasteiger partial charge in [0.15, 0.2) is 0 Å². The van der Waals surface area contributed by atoms with Crippen molar-refractivity contribution in [2.45, 2.75) is 25.9 Å². The number of ether oxygens (including phenoxy) is 1. The average Bonchev–Trinajstić information content (AvgIpc) is 3.01. The zero-order valence-electron chi connectivity index (χ0n) is 16.2. The molecule has 1 aromatic carbocycles. The van der Waals surface area contributed by atoms with Crippen LogP contribution in [0.5, 0.6) is 5.88 Å². The van der Waals surface area contributed by atoms with E-state index in [0.29, 0.717) is 30.1 Å². The summed E-state index contributed by atoms with van der Waals surface area (Å²) < 4.78 is 5.11. The molecule has 1 unspecified atom stereocenters. The standard InChI is InChI=1S/C22H19N5O2/c1-14-18(19(10-23)26-13-25-14)9-20-16-5-3-4-6-17(16)22(28)27(20)12-15-7-8-21(29-2)24-11-15/h3-8,11,13,20H,9,12H2,1-2H3. The van der Waals surface area contributed by atoms with Crippen LogP contribution in [-0.2, 0) is 13.0 Å². The lowest BCUT2D eigenvalue weighted by Crippen LogP contribution is -2.29. The Labute approximate surface area is 168 Å². The second kappa shape index (κ2) is 7.68. The van der Waals surface area contributed by atoms with Crippen LogP contribution in [0.25, 0.3) is 0 Å². The number of amides is 1. The van der Waals surface area contributed by atoms with Gasteiger partial charge in [-0.2, -0.15) is 5.26 Å². The summed E-state index contributed by atoms with van der Waals surface area (Å²) in [6, 6.07) is 13.2. The summed E-state index contributed by atoms with van der Waals surface area (Å²) in [5.74, 6) is 0.492. The maximum Gasteiger partial charge on any atom is 0.255 e. The van der Waals surface area contributed by atoms with Gasteiger partial charge >= 0.3 is 0 Å². The number of aryl methyl sites for hydroxylation is 1. The van der Waals surface area contributed by atoms with E-state index in [0.717, 1.165) is 22.4 Å². The van der Waals surface area contributed by atoms with Crippen molar-refractivity contribution in [1.29, 1.82) is 5.26 Å². The van der Waals surface area contributed by atoms with Gasteiger partial charge in [0.05, 0.1) is 13.2 Å². The second-order valence-electron chi connectivity index (χ2n) is 6.85. The smallest absolute Gasteiger partial charge is 0.255 e. The Bertz CT molecular complexity index is 1100. The number of hydrogen-bond donors (Lipinski definition) is 0. The molecule has 7 nitrogen and oxygen atoms in total. The SMILES string of the molecule is COc1ccc(CN2C(=O)c3ccccc3C2Cc2c(C)ncnc2C#N)cn1. The number of hydrogen-bond acceptors (Lipinski definition) is 6. The summed E-state index contributed by atoms with van der Waals surface area (Å²) in [5.41, 5.74) is 4.40. The first-order valence-electron chi connectivity index (χ1n) is 9.21. The highest BCUT2D eigenvalue weighted by Crippen LogP contribution is 2.37. The first-order chi connectivity index (χ1) is 14.1. The summed E-state index contributed by atoms with van der Waals surface area (Å²) >= 11 is 0. The summed E-state index contributed by atoms with van der Waals surface area (Å²) in [6.07, 6.45) is 3.58. The molecule has 3 aromatic rings. The van der Waals surface area contributed by atoms with Crippen molar-refractivity contribution in [1.82, 2.24) is 19.9 Å². The highest BCUT2D eigenvalue weighted by atomic mass is 16.5. The van der Waals surface area contributed by atoms with Gasteiger partial charge in [0.1, 0.15) is 18.1 Å². The third-order valence-corrected chi connectivity index (χ3v) is 5.21. The molecule has 1 amide bonds. The lowest BCUT2D eigenvalue weighted by molar-refractivity contribution is 0.0708. The Morgan fingerprint density at radius 1 is 1.17 bits per heavy atom. The maximum atomic E-state index is 13.1. The molecule has 7 heteroatoms. The van der Waals surface area contributed by atoms with Crippen LogP contribution in [-0.4, -0.2) is 32.9 Å². The largest absolute Gasteiger partial charge is 0.481 e. The van der Waals surface area contributed by atoms with E-state index >= 15 is 0 Å². The molecule has 0 radical (unpaired) electrons. The van der Waals surface area contributed by atoms with E-state index in [4.69, 9.17) is 4.74 Å². The number of nitriles is 1. The van der Waals surface area contributed by atoms with Crippen molar-refractivity contribution in [2.24, 2.45) is 0 Å². The molecule has 0 fully saturated rings. The lowest BCUT2D eigenvalue weighted by Gasteiger charge is -2.26. The van der Waals surface area contributed by atoms with Crippen molar-refractivity contribution < 1.29 is 9.53 Å². The molecule has 2 aromatic heterocycles. The van der Waals surface area contributed by atoms with Gasteiger partial charge in [0, 0.05) is 42.0 Å². The monoisotopic (exact) mass is 385 g/mol. The number of rotatable bonds is 5. The molecule has 0 bridgehead atoms. The van der Waals surface area contributed by atoms with E-state index in [1.54, 1.807) is 19.4 Å². The van der Waals surface area contributed by atoms with E-state index in [1.807, 2.05) is 42.2 Å². The second-order valence-corrected chi connectivity index (χ2v) is 6.85. The number of methoxy groups -OCH3 is 1. The minimum Gasteiger partial charge on any atom is -0.481 e. The minimum atomic E-state index is -0.211. The summed E-state index contributed by atoms with van der Waals surface area (Å²) in [7, 11) is 1.57. The lowest BCUT2D eigenvalue weighted by atomic mass is 9.96. The summed E-state index contributed by atoms with van der Waals surface area (Å²) in [6.45, 7) is 2.27. The van der Waals surface area contributed by atoms with Crippen LogP contribution in [0.2, 0.25) is 0 Å². The number of carbonyl (C=O) groups excluding carboxylic acids is 1. The van der Waals surface area contributed by atoms with Gasteiger partial charge in [-0.05, 0) is 24.1 Å². The number of aromatic nitrogens is 3. The highest BCUT2D eigenvalue weighted by molar-refractivity contribution is 5.99. The van der Waals surface area contributed by atoms with Crippen LogP contribution < -0.4 is 4.74 Å². The van der Waals surface area contributed by atoms with Gasteiger partial charge in [-0.25, -0.2) is 15.0 Å². The number of carbonyl (C=O) groups is 1. The molecule has 1 atom stereocenters. The molecule has 0 N–H and O–H groups in total. The number of pyridine rings is 1.